The monoisotopic (exact) mass is 391 g/mol. The molecular weight excluding hydrogens is 373 g/mol. The summed E-state index contributed by atoms with van der Waals surface area (Å²) >= 11 is 11.9. The first kappa shape index (κ1) is 18.7. The second-order valence-electron chi connectivity index (χ2n) is 6.24. The molecule has 0 spiro atoms. The van der Waals surface area contributed by atoms with Crippen LogP contribution in [0.4, 0.5) is 5.69 Å². The SMILES string of the molecule is C[C@@H]1CNCCN1C(=O)c1ccc(NC(=O)c2cc(Cl)cc(Cl)c2)cc1. The van der Waals surface area contributed by atoms with Crippen molar-refractivity contribution in [2.75, 3.05) is 25.0 Å². The van der Waals surface area contributed by atoms with E-state index in [-0.39, 0.29) is 17.9 Å². The first-order chi connectivity index (χ1) is 12.4. The lowest BCUT2D eigenvalue weighted by atomic mass is 10.1. The van der Waals surface area contributed by atoms with E-state index < -0.39 is 0 Å². The van der Waals surface area contributed by atoms with E-state index in [4.69, 9.17) is 23.2 Å². The number of carbonyl (C=O) groups is 2. The molecule has 26 heavy (non-hydrogen) atoms. The van der Waals surface area contributed by atoms with Gasteiger partial charge >= 0.3 is 0 Å². The first-order valence-electron chi connectivity index (χ1n) is 8.33. The molecule has 1 fully saturated rings. The van der Waals surface area contributed by atoms with Gasteiger partial charge < -0.3 is 15.5 Å². The lowest BCUT2D eigenvalue weighted by Crippen LogP contribution is -2.52. The molecule has 2 amide bonds. The number of nitrogens with zero attached hydrogens (tertiary/aromatic N) is 1. The highest BCUT2D eigenvalue weighted by Crippen LogP contribution is 2.20. The van der Waals surface area contributed by atoms with Crippen LogP contribution in [0.5, 0.6) is 0 Å². The Bertz CT molecular complexity index is 804. The third-order valence-corrected chi connectivity index (χ3v) is 4.71. The molecule has 3 rings (SSSR count). The normalized spacial score (nSPS) is 17.0. The number of piperazine rings is 1. The van der Waals surface area contributed by atoms with E-state index in [1.54, 1.807) is 42.5 Å². The summed E-state index contributed by atoms with van der Waals surface area (Å²) in [7, 11) is 0. The number of benzene rings is 2. The van der Waals surface area contributed by atoms with E-state index in [9.17, 15) is 9.59 Å². The van der Waals surface area contributed by atoms with Crippen molar-refractivity contribution in [2.45, 2.75) is 13.0 Å². The highest BCUT2D eigenvalue weighted by molar-refractivity contribution is 6.35. The third kappa shape index (κ3) is 4.36. The topological polar surface area (TPSA) is 61.4 Å². The standard InChI is InChI=1S/C19H19Cl2N3O2/c1-12-11-22-6-7-24(12)19(26)13-2-4-17(5-3-13)23-18(25)14-8-15(20)10-16(21)9-14/h2-5,8-10,12,22H,6-7,11H2,1H3,(H,23,25)/t12-/m1/s1. The molecule has 0 bridgehead atoms. The fourth-order valence-electron chi connectivity index (χ4n) is 2.89. The number of rotatable bonds is 3. The van der Waals surface area contributed by atoms with Gasteiger partial charge in [0, 0.05) is 52.5 Å². The zero-order chi connectivity index (χ0) is 18.7. The van der Waals surface area contributed by atoms with Crippen molar-refractivity contribution in [3.05, 3.63) is 63.6 Å². The van der Waals surface area contributed by atoms with Crippen LogP contribution in [-0.2, 0) is 0 Å². The van der Waals surface area contributed by atoms with Gasteiger partial charge in [0.2, 0.25) is 0 Å². The van der Waals surface area contributed by atoms with Gasteiger partial charge in [-0.05, 0) is 49.4 Å². The molecule has 0 aliphatic carbocycles. The fraction of sp³-hybridized carbons (Fsp3) is 0.263. The van der Waals surface area contributed by atoms with Crippen molar-refractivity contribution < 1.29 is 9.59 Å². The number of amides is 2. The Labute approximate surface area is 162 Å². The summed E-state index contributed by atoms with van der Waals surface area (Å²) in [5.74, 6) is -0.317. The van der Waals surface area contributed by atoms with Gasteiger partial charge in [0.15, 0.2) is 0 Å². The van der Waals surface area contributed by atoms with E-state index >= 15 is 0 Å². The average molecular weight is 392 g/mol. The Morgan fingerprint density at radius 1 is 1.08 bits per heavy atom. The van der Waals surface area contributed by atoms with Crippen LogP contribution in [-0.4, -0.2) is 42.4 Å². The number of nitrogens with one attached hydrogen (secondary N) is 2. The average Bonchev–Trinajstić information content (AvgIpc) is 2.61. The minimum atomic E-state index is -0.316. The highest BCUT2D eigenvalue weighted by Gasteiger charge is 2.23. The summed E-state index contributed by atoms with van der Waals surface area (Å²) in [6.07, 6.45) is 0. The van der Waals surface area contributed by atoms with Gasteiger partial charge in [-0.1, -0.05) is 23.2 Å². The molecule has 2 N–H and O–H groups in total. The van der Waals surface area contributed by atoms with Crippen LogP contribution in [0.2, 0.25) is 10.0 Å². The van der Waals surface area contributed by atoms with Crippen LogP contribution in [0, 0.1) is 0 Å². The van der Waals surface area contributed by atoms with Crippen molar-refractivity contribution in [1.29, 1.82) is 0 Å². The van der Waals surface area contributed by atoms with Crippen molar-refractivity contribution in [2.24, 2.45) is 0 Å². The number of anilines is 1. The third-order valence-electron chi connectivity index (χ3n) is 4.28. The number of hydrogen-bond donors (Lipinski definition) is 2. The second kappa shape index (κ2) is 8.08. The van der Waals surface area contributed by atoms with E-state index in [0.29, 0.717) is 33.4 Å². The predicted octanol–water partition coefficient (Wildman–Crippen LogP) is 3.68. The van der Waals surface area contributed by atoms with Crippen LogP contribution < -0.4 is 10.6 Å². The molecule has 7 heteroatoms. The van der Waals surface area contributed by atoms with E-state index in [1.807, 2.05) is 11.8 Å². The molecule has 1 aliphatic rings. The van der Waals surface area contributed by atoms with Gasteiger partial charge in [0.25, 0.3) is 11.8 Å². The Morgan fingerprint density at radius 2 is 1.73 bits per heavy atom. The molecule has 0 saturated carbocycles. The van der Waals surface area contributed by atoms with E-state index in [1.165, 1.54) is 0 Å². The van der Waals surface area contributed by atoms with Crippen LogP contribution >= 0.6 is 23.2 Å². The summed E-state index contributed by atoms with van der Waals surface area (Å²) in [5.41, 5.74) is 1.57. The van der Waals surface area contributed by atoms with Crippen molar-refractivity contribution in [3.8, 4) is 0 Å². The Kier molecular flexibility index (Phi) is 5.81. The smallest absolute Gasteiger partial charge is 0.255 e. The zero-order valence-electron chi connectivity index (χ0n) is 14.3. The van der Waals surface area contributed by atoms with Gasteiger partial charge in [0.1, 0.15) is 0 Å². The largest absolute Gasteiger partial charge is 0.333 e. The highest BCUT2D eigenvalue weighted by atomic mass is 35.5. The minimum Gasteiger partial charge on any atom is -0.333 e. The Balaban J connectivity index is 1.69. The van der Waals surface area contributed by atoms with Gasteiger partial charge in [-0.15, -0.1) is 0 Å². The number of hydrogen-bond acceptors (Lipinski definition) is 3. The maximum atomic E-state index is 12.6. The van der Waals surface area contributed by atoms with Gasteiger partial charge in [-0.25, -0.2) is 0 Å². The fourth-order valence-corrected chi connectivity index (χ4v) is 3.42. The van der Waals surface area contributed by atoms with Crippen molar-refractivity contribution >= 4 is 40.7 Å². The van der Waals surface area contributed by atoms with E-state index in [0.717, 1.165) is 13.1 Å². The van der Waals surface area contributed by atoms with Gasteiger partial charge in [0.05, 0.1) is 0 Å². The Hall–Kier alpha value is -2.08. The summed E-state index contributed by atoms with van der Waals surface area (Å²) in [4.78, 5) is 26.8. The van der Waals surface area contributed by atoms with Crippen LogP contribution in [0.3, 0.4) is 0 Å². The zero-order valence-corrected chi connectivity index (χ0v) is 15.8. The van der Waals surface area contributed by atoms with Crippen LogP contribution in [0.15, 0.2) is 42.5 Å². The summed E-state index contributed by atoms with van der Waals surface area (Å²) < 4.78 is 0. The first-order valence-corrected chi connectivity index (χ1v) is 9.09. The lowest BCUT2D eigenvalue weighted by Gasteiger charge is -2.34. The summed E-state index contributed by atoms with van der Waals surface area (Å²) in [5, 5.41) is 6.83. The molecule has 5 nitrogen and oxygen atoms in total. The van der Waals surface area contributed by atoms with Crippen molar-refractivity contribution in [1.82, 2.24) is 10.2 Å². The molecule has 0 unspecified atom stereocenters. The maximum absolute atomic E-state index is 12.6. The molecule has 1 atom stereocenters. The molecule has 1 heterocycles. The summed E-state index contributed by atoms with van der Waals surface area (Å²) in [6, 6.07) is 11.7. The van der Waals surface area contributed by atoms with Gasteiger partial charge in [-0.3, -0.25) is 9.59 Å². The molecular formula is C19H19Cl2N3O2. The predicted molar refractivity (Wildman–Crippen MR) is 104 cm³/mol. The second-order valence-corrected chi connectivity index (χ2v) is 7.11. The summed E-state index contributed by atoms with van der Waals surface area (Å²) in [6.45, 7) is 4.30. The van der Waals surface area contributed by atoms with E-state index in [2.05, 4.69) is 10.6 Å². The molecule has 0 aromatic heterocycles. The Morgan fingerprint density at radius 3 is 2.35 bits per heavy atom. The number of carbonyl (C=O) groups excluding carboxylic acids is 2. The maximum Gasteiger partial charge on any atom is 0.255 e. The quantitative estimate of drug-likeness (QED) is 0.838. The number of halogens is 2. The van der Waals surface area contributed by atoms with Crippen molar-refractivity contribution in [3.63, 3.8) is 0 Å². The minimum absolute atomic E-state index is 0.00139. The lowest BCUT2D eigenvalue weighted by molar-refractivity contribution is 0.0655. The van der Waals surface area contributed by atoms with Crippen LogP contribution in [0.1, 0.15) is 27.6 Å². The molecule has 0 radical (unpaired) electrons. The molecule has 1 aliphatic heterocycles. The molecule has 1 saturated heterocycles. The molecule has 2 aromatic rings. The molecule has 136 valence electrons. The van der Waals surface area contributed by atoms with Crippen LogP contribution in [0.25, 0.3) is 0 Å². The van der Waals surface area contributed by atoms with Gasteiger partial charge in [-0.2, -0.15) is 0 Å². The molecule has 2 aromatic carbocycles.